The Kier molecular flexibility index (Phi) is 4.96. The zero-order chi connectivity index (χ0) is 15.4. The lowest BCUT2D eigenvalue weighted by atomic mass is 9.99. The van der Waals surface area contributed by atoms with E-state index in [0.29, 0.717) is 24.3 Å². The minimum atomic E-state index is -0.228. The summed E-state index contributed by atoms with van der Waals surface area (Å²) in [6.07, 6.45) is 1.84. The van der Waals surface area contributed by atoms with Crippen LogP contribution in [0.4, 0.5) is 5.69 Å². The highest BCUT2D eigenvalue weighted by Gasteiger charge is 2.18. The number of anilines is 1. The van der Waals surface area contributed by atoms with Crippen LogP contribution in [-0.2, 0) is 11.2 Å². The van der Waals surface area contributed by atoms with Crippen LogP contribution in [0.15, 0.2) is 18.2 Å². The fraction of sp³-hybridized carbons (Fsp3) is 0.500. The number of fused-ring (bicyclic) bond motifs is 1. The monoisotopic (exact) mass is 290 g/mol. The predicted octanol–water partition coefficient (Wildman–Crippen LogP) is 1.71. The van der Waals surface area contributed by atoms with Gasteiger partial charge in [0.25, 0.3) is 5.91 Å². The number of hydrogen-bond donors (Lipinski definition) is 3. The van der Waals surface area contributed by atoms with E-state index in [1.165, 1.54) is 0 Å². The van der Waals surface area contributed by atoms with Crippen LogP contribution in [0.3, 0.4) is 0 Å². The highest BCUT2D eigenvalue weighted by atomic mass is 16.3. The van der Waals surface area contributed by atoms with Crippen LogP contribution in [0.5, 0.6) is 0 Å². The third-order valence-electron chi connectivity index (χ3n) is 3.57. The summed E-state index contributed by atoms with van der Waals surface area (Å²) in [5, 5.41) is 15.0. The SMILES string of the molecule is CC(C)CC(CO)NC(=O)c1ccc2c(c1)CCC(=O)N2. The maximum atomic E-state index is 12.2. The van der Waals surface area contributed by atoms with E-state index in [0.717, 1.165) is 17.7 Å². The molecule has 1 atom stereocenters. The van der Waals surface area contributed by atoms with Crippen LogP contribution in [0.2, 0.25) is 0 Å². The van der Waals surface area contributed by atoms with Crippen molar-refractivity contribution in [2.45, 2.75) is 39.2 Å². The average Bonchev–Trinajstić information content (AvgIpc) is 2.45. The van der Waals surface area contributed by atoms with E-state index in [2.05, 4.69) is 24.5 Å². The first-order chi connectivity index (χ1) is 9.99. The van der Waals surface area contributed by atoms with Crippen molar-refractivity contribution in [1.82, 2.24) is 5.32 Å². The van der Waals surface area contributed by atoms with Crippen molar-refractivity contribution in [3.05, 3.63) is 29.3 Å². The predicted molar refractivity (Wildman–Crippen MR) is 81.2 cm³/mol. The lowest BCUT2D eigenvalue weighted by Gasteiger charge is -2.20. The van der Waals surface area contributed by atoms with Crippen LogP contribution in [0, 0.1) is 5.92 Å². The van der Waals surface area contributed by atoms with E-state index in [4.69, 9.17) is 0 Å². The summed E-state index contributed by atoms with van der Waals surface area (Å²) in [6.45, 7) is 4.04. The van der Waals surface area contributed by atoms with Gasteiger partial charge in [-0.3, -0.25) is 9.59 Å². The van der Waals surface area contributed by atoms with Crippen molar-refractivity contribution in [2.24, 2.45) is 5.92 Å². The first kappa shape index (κ1) is 15.5. The van der Waals surface area contributed by atoms with Crippen LogP contribution in [0.1, 0.15) is 42.6 Å². The number of carbonyl (C=O) groups is 2. The zero-order valence-electron chi connectivity index (χ0n) is 12.5. The van der Waals surface area contributed by atoms with Gasteiger partial charge >= 0.3 is 0 Å². The minimum Gasteiger partial charge on any atom is -0.394 e. The molecule has 21 heavy (non-hydrogen) atoms. The molecule has 1 heterocycles. The van der Waals surface area contributed by atoms with Crippen LogP contribution in [0.25, 0.3) is 0 Å². The van der Waals surface area contributed by atoms with Gasteiger partial charge in [-0.1, -0.05) is 13.8 Å². The van der Waals surface area contributed by atoms with Crippen molar-refractivity contribution in [1.29, 1.82) is 0 Å². The molecule has 0 radical (unpaired) electrons. The number of nitrogens with one attached hydrogen (secondary N) is 2. The van der Waals surface area contributed by atoms with Gasteiger partial charge in [-0.25, -0.2) is 0 Å². The van der Waals surface area contributed by atoms with E-state index in [1.54, 1.807) is 12.1 Å². The van der Waals surface area contributed by atoms with E-state index < -0.39 is 0 Å². The lowest BCUT2D eigenvalue weighted by molar-refractivity contribution is -0.116. The van der Waals surface area contributed by atoms with Crippen LogP contribution < -0.4 is 10.6 Å². The third-order valence-corrected chi connectivity index (χ3v) is 3.57. The highest BCUT2D eigenvalue weighted by Crippen LogP contribution is 2.23. The number of aliphatic hydroxyl groups is 1. The summed E-state index contributed by atoms with van der Waals surface area (Å²) in [6, 6.07) is 5.04. The van der Waals surface area contributed by atoms with E-state index in [-0.39, 0.29) is 24.5 Å². The first-order valence-corrected chi connectivity index (χ1v) is 7.34. The molecule has 1 aliphatic rings. The fourth-order valence-electron chi connectivity index (χ4n) is 2.54. The summed E-state index contributed by atoms with van der Waals surface area (Å²) in [5.74, 6) is 0.229. The number of carbonyl (C=O) groups excluding carboxylic acids is 2. The second-order valence-electron chi connectivity index (χ2n) is 5.90. The molecule has 0 aromatic heterocycles. The lowest BCUT2D eigenvalue weighted by Crippen LogP contribution is -2.38. The normalized spacial score (nSPS) is 15.3. The molecule has 2 rings (SSSR count). The Bertz CT molecular complexity index is 540. The molecule has 0 fully saturated rings. The van der Waals surface area contributed by atoms with Gasteiger partial charge in [-0.15, -0.1) is 0 Å². The summed E-state index contributed by atoms with van der Waals surface area (Å²) >= 11 is 0. The largest absolute Gasteiger partial charge is 0.394 e. The minimum absolute atomic E-state index is 0.0111. The van der Waals surface area contributed by atoms with E-state index >= 15 is 0 Å². The average molecular weight is 290 g/mol. The fourth-order valence-corrected chi connectivity index (χ4v) is 2.54. The third kappa shape index (κ3) is 4.04. The summed E-state index contributed by atoms with van der Waals surface area (Å²) in [4.78, 5) is 23.5. The second kappa shape index (κ2) is 6.72. The number of amides is 2. The molecular formula is C16H22N2O3. The van der Waals surface area contributed by atoms with Gasteiger partial charge in [0.2, 0.25) is 5.91 Å². The van der Waals surface area contributed by atoms with Crippen molar-refractivity contribution < 1.29 is 14.7 Å². The quantitative estimate of drug-likeness (QED) is 0.772. The molecule has 114 valence electrons. The molecule has 0 saturated carbocycles. The van der Waals surface area contributed by atoms with Gasteiger partial charge in [0.05, 0.1) is 12.6 Å². The molecule has 0 saturated heterocycles. The van der Waals surface area contributed by atoms with E-state index in [9.17, 15) is 14.7 Å². The first-order valence-electron chi connectivity index (χ1n) is 7.34. The Balaban J connectivity index is 2.07. The number of rotatable bonds is 5. The Hall–Kier alpha value is -1.88. The molecule has 5 nitrogen and oxygen atoms in total. The molecule has 1 aromatic carbocycles. The molecular weight excluding hydrogens is 268 g/mol. The molecule has 2 amide bonds. The van der Waals surface area contributed by atoms with Gasteiger partial charge in [-0.2, -0.15) is 0 Å². The molecule has 0 spiro atoms. The maximum Gasteiger partial charge on any atom is 0.251 e. The number of benzene rings is 1. The summed E-state index contributed by atoms with van der Waals surface area (Å²) < 4.78 is 0. The van der Waals surface area contributed by atoms with E-state index in [1.807, 2.05) is 6.07 Å². The van der Waals surface area contributed by atoms with Gasteiger partial charge < -0.3 is 15.7 Å². The number of hydrogen-bond acceptors (Lipinski definition) is 3. The molecule has 3 N–H and O–H groups in total. The van der Waals surface area contributed by atoms with Crippen molar-refractivity contribution >= 4 is 17.5 Å². The molecule has 1 aromatic rings. The smallest absolute Gasteiger partial charge is 0.251 e. The van der Waals surface area contributed by atoms with Crippen LogP contribution >= 0.6 is 0 Å². The zero-order valence-corrected chi connectivity index (χ0v) is 12.5. The van der Waals surface area contributed by atoms with Crippen molar-refractivity contribution in [2.75, 3.05) is 11.9 Å². The maximum absolute atomic E-state index is 12.2. The topological polar surface area (TPSA) is 78.4 Å². The van der Waals surface area contributed by atoms with Crippen molar-refractivity contribution in [3.63, 3.8) is 0 Å². The number of aliphatic hydroxyl groups excluding tert-OH is 1. The molecule has 0 aliphatic carbocycles. The number of aryl methyl sites for hydroxylation is 1. The highest BCUT2D eigenvalue weighted by molar-refractivity contribution is 5.98. The van der Waals surface area contributed by atoms with Crippen LogP contribution in [-0.4, -0.2) is 29.6 Å². The summed E-state index contributed by atoms with van der Waals surface area (Å²) in [5.41, 5.74) is 2.32. The molecule has 1 unspecified atom stereocenters. The Morgan fingerprint density at radius 2 is 2.14 bits per heavy atom. The van der Waals surface area contributed by atoms with Crippen molar-refractivity contribution in [3.8, 4) is 0 Å². The van der Waals surface area contributed by atoms with Gasteiger partial charge in [0.1, 0.15) is 0 Å². The second-order valence-corrected chi connectivity index (χ2v) is 5.90. The Morgan fingerprint density at radius 1 is 1.38 bits per heavy atom. The van der Waals surface area contributed by atoms with Gasteiger partial charge in [-0.05, 0) is 42.5 Å². The Morgan fingerprint density at radius 3 is 2.81 bits per heavy atom. The van der Waals surface area contributed by atoms with Gasteiger partial charge in [0.15, 0.2) is 0 Å². The molecule has 0 bridgehead atoms. The standard InChI is InChI=1S/C16H22N2O3/c1-10(2)7-13(9-19)17-16(21)12-3-5-14-11(8-12)4-6-15(20)18-14/h3,5,8,10,13,19H,4,6-7,9H2,1-2H3,(H,17,21)(H,18,20). The van der Waals surface area contributed by atoms with Gasteiger partial charge in [0, 0.05) is 17.7 Å². The Labute approximate surface area is 124 Å². The molecule has 5 heteroatoms. The summed E-state index contributed by atoms with van der Waals surface area (Å²) in [7, 11) is 0. The molecule has 1 aliphatic heterocycles.